The van der Waals surface area contributed by atoms with Gasteiger partial charge in [-0.3, -0.25) is 9.89 Å². The number of aromatic nitrogens is 3. The number of pyridine rings is 1. The van der Waals surface area contributed by atoms with Gasteiger partial charge in [-0.25, -0.2) is 0 Å². The average molecular weight is 447 g/mol. The highest BCUT2D eigenvalue weighted by molar-refractivity contribution is 7.16. The second-order valence-corrected chi connectivity index (χ2v) is 9.02. The fourth-order valence-electron chi connectivity index (χ4n) is 3.65. The number of halogens is 1. The van der Waals surface area contributed by atoms with E-state index in [1.54, 1.807) is 10.6 Å². The molecule has 0 unspecified atom stereocenters. The lowest BCUT2D eigenvalue weighted by atomic mass is 10.0. The number of aromatic amines is 1. The Bertz CT molecular complexity index is 1410. The molecule has 2 aromatic carbocycles. The summed E-state index contributed by atoms with van der Waals surface area (Å²) in [5.74, 6) is 0.753. The summed E-state index contributed by atoms with van der Waals surface area (Å²) >= 11 is 7.51. The molecule has 154 valence electrons. The maximum atomic E-state index is 13.2. The van der Waals surface area contributed by atoms with E-state index >= 15 is 0 Å². The number of hydrogen-bond acceptors (Lipinski definition) is 4. The zero-order chi connectivity index (χ0) is 21.2. The molecule has 3 heterocycles. The molecule has 2 N–H and O–H groups in total. The van der Waals surface area contributed by atoms with Gasteiger partial charge in [-0.2, -0.15) is 5.10 Å². The summed E-state index contributed by atoms with van der Waals surface area (Å²) in [7, 11) is 0. The van der Waals surface area contributed by atoms with Crippen molar-refractivity contribution in [2.75, 3.05) is 5.32 Å². The minimum atomic E-state index is -0.0708. The van der Waals surface area contributed by atoms with E-state index in [2.05, 4.69) is 39.8 Å². The van der Waals surface area contributed by atoms with Gasteiger partial charge >= 0.3 is 0 Å². The number of fused-ring (bicyclic) bond motifs is 1. The van der Waals surface area contributed by atoms with Gasteiger partial charge in [0.25, 0.3) is 5.56 Å². The van der Waals surface area contributed by atoms with Crippen molar-refractivity contribution >= 4 is 39.5 Å². The lowest BCUT2D eigenvalue weighted by molar-refractivity contribution is 0.765. The van der Waals surface area contributed by atoms with E-state index in [1.807, 2.05) is 48.7 Å². The molecule has 0 radical (unpaired) electrons. The fourth-order valence-corrected chi connectivity index (χ4v) is 4.68. The molecule has 0 aliphatic heterocycles. The third-order valence-electron chi connectivity index (χ3n) is 5.18. The Labute approximate surface area is 187 Å². The van der Waals surface area contributed by atoms with Gasteiger partial charge in [-0.1, -0.05) is 54.1 Å². The quantitative estimate of drug-likeness (QED) is 0.348. The van der Waals surface area contributed by atoms with E-state index in [0.29, 0.717) is 24.3 Å². The van der Waals surface area contributed by atoms with Crippen LogP contribution in [0.15, 0.2) is 83.8 Å². The van der Waals surface area contributed by atoms with Gasteiger partial charge in [0.2, 0.25) is 0 Å². The molecule has 0 aliphatic carbocycles. The molecule has 0 fully saturated rings. The zero-order valence-electron chi connectivity index (χ0n) is 16.5. The molecule has 0 saturated carbocycles. The Hall–Kier alpha value is -3.35. The van der Waals surface area contributed by atoms with E-state index in [4.69, 9.17) is 11.6 Å². The molecular formula is C24H19ClN4OS. The number of hydrogen-bond donors (Lipinski definition) is 2. The highest BCUT2D eigenvalue weighted by Gasteiger charge is 2.11. The molecule has 3 aromatic heterocycles. The molecular weight excluding hydrogens is 428 g/mol. The SMILES string of the molecule is O=c1c(-c2cc(NCc3ccc(Cl)s3)[nH]n2)cccn1Cc1cccc2ccccc12. The fraction of sp³-hybridized carbons (Fsp3) is 0.0833. The van der Waals surface area contributed by atoms with Crippen LogP contribution in [0.3, 0.4) is 0 Å². The van der Waals surface area contributed by atoms with Crippen LogP contribution in [0, 0.1) is 0 Å². The van der Waals surface area contributed by atoms with Gasteiger partial charge in [0.05, 0.1) is 28.7 Å². The predicted molar refractivity (Wildman–Crippen MR) is 128 cm³/mol. The molecule has 0 amide bonds. The van der Waals surface area contributed by atoms with Crippen LogP contribution < -0.4 is 10.9 Å². The third kappa shape index (κ3) is 4.13. The molecule has 5 nitrogen and oxygen atoms in total. The van der Waals surface area contributed by atoms with Crippen LogP contribution in [0.2, 0.25) is 4.34 Å². The van der Waals surface area contributed by atoms with Crippen molar-refractivity contribution in [2.45, 2.75) is 13.1 Å². The van der Waals surface area contributed by atoms with Gasteiger partial charge in [-0.15, -0.1) is 11.3 Å². The summed E-state index contributed by atoms with van der Waals surface area (Å²) < 4.78 is 2.49. The Kier molecular flexibility index (Phi) is 5.32. The van der Waals surface area contributed by atoms with Crippen LogP contribution >= 0.6 is 22.9 Å². The predicted octanol–water partition coefficient (Wildman–Crippen LogP) is 5.77. The van der Waals surface area contributed by atoms with Crippen molar-refractivity contribution in [2.24, 2.45) is 0 Å². The number of rotatable bonds is 6. The summed E-state index contributed by atoms with van der Waals surface area (Å²) in [5.41, 5.74) is 2.21. The topological polar surface area (TPSA) is 62.7 Å². The Morgan fingerprint density at radius 1 is 1.03 bits per heavy atom. The minimum Gasteiger partial charge on any atom is -0.366 e. The van der Waals surface area contributed by atoms with Crippen molar-refractivity contribution in [3.63, 3.8) is 0 Å². The summed E-state index contributed by atoms with van der Waals surface area (Å²) in [6.07, 6.45) is 1.82. The summed E-state index contributed by atoms with van der Waals surface area (Å²) in [6.45, 7) is 1.14. The number of benzene rings is 2. The summed E-state index contributed by atoms with van der Waals surface area (Å²) in [4.78, 5) is 14.3. The minimum absolute atomic E-state index is 0.0708. The Morgan fingerprint density at radius 3 is 2.77 bits per heavy atom. The molecule has 5 rings (SSSR count). The number of H-pyrrole nitrogens is 1. The van der Waals surface area contributed by atoms with Gasteiger partial charge in [-0.05, 0) is 40.6 Å². The maximum Gasteiger partial charge on any atom is 0.260 e. The normalized spacial score (nSPS) is 11.1. The largest absolute Gasteiger partial charge is 0.366 e. The smallest absolute Gasteiger partial charge is 0.260 e. The van der Waals surface area contributed by atoms with E-state index in [0.717, 1.165) is 26.0 Å². The second-order valence-electron chi connectivity index (χ2n) is 7.22. The highest BCUT2D eigenvalue weighted by atomic mass is 35.5. The molecule has 5 aromatic rings. The van der Waals surface area contributed by atoms with Crippen LogP contribution in [0.4, 0.5) is 5.82 Å². The molecule has 0 saturated heterocycles. The van der Waals surface area contributed by atoms with Crippen molar-refractivity contribution in [3.8, 4) is 11.3 Å². The molecule has 31 heavy (non-hydrogen) atoms. The first-order valence-corrected chi connectivity index (χ1v) is 11.1. The van der Waals surface area contributed by atoms with E-state index < -0.39 is 0 Å². The van der Waals surface area contributed by atoms with Crippen LogP contribution in [0.1, 0.15) is 10.4 Å². The summed E-state index contributed by atoms with van der Waals surface area (Å²) in [5, 5.41) is 12.9. The number of nitrogens with one attached hydrogen (secondary N) is 2. The first-order chi connectivity index (χ1) is 15.2. The van der Waals surface area contributed by atoms with E-state index in [1.165, 1.54) is 16.7 Å². The first kappa shape index (κ1) is 19.6. The molecule has 0 spiro atoms. The van der Waals surface area contributed by atoms with Crippen LogP contribution in [-0.4, -0.2) is 14.8 Å². The van der Waals surface area contributed by atoms with Gasteiger partial charge in [0.15, 0.2) is 0 Å². The molecule has 0 atom stereocenters. The second kappa shape index (κ2) is 8.41. The van der Waals surface area contributed by atoms with Crippen molar-refractivity contribution in [1.82, 2.24) is 14.8 Å². The van der Waals surface area contributed by atoms with Crippen LogP contribution in [0.5, 0.6) is 0 Å². The van der Waals surface area contributed by atoms with Gasteiger partial charge in [0, 0.05) is 17.1 Å². The van der Waals surface area contributed by atoms with Crippen LogP contribution in [-0.2, 0) is 13.1 Å². The Morgan fingerprint density at radius 2 is 1.90 bits per heavy atom. The van der Waals surface area contributed by atoms with Gasteiger partial charge < -0.3 is 9.88 Å². The van der Waals surface area contributed by atoms with Crippen molar-refractivity contribution < 1.29 is 0 Å². The van der Waals surface area contributed by atoms with Crippen molar-refractivity contribution in [1.29, 1.82) is 0 Å². The van der Waals surface area contributed by atoms with Crippen LogP contribution in [0.25, 0.3) is 22.0 Å². The number of thiophene rings is 1. The summed E-state index contributed by atoms with van der Waals surface area (Å²) in [6, 6.07) is 23.8. The van der Waals surface area contributed by atoms with Crippen molar-refractivity contribution in [3.05, 3.63) is 104 Å². The highest BCUT2D eigenvalue weighted by Crippen LogP contribution is 2.23. The molecule has 0 bridgehead atoms. The van der Waals surface area contributed by atoms with E-state index in [9.17, 15) is 4.79 Å². The monoisotopic (exact) mass is 446 g/mol. The van der Waals surface area contributed by atoms with Gasteiger partial charge in [0.1, 0.15) is 5.82 Å². The molecule has 7 heteroatoms. The lowest BCUT2D eigenvalue weighted by Gasteiger charge is -2.10. The lowest BCUT2D eigenvalue weighted by Crippen LogP contribution is -2.21. The first-order valence-electron chi connectivity index (χ1n) is 9.87. The molecule has 0 aliphatic rings. The standard InChI is InChI=1S/C24H19ClN4OS/c25-22-11-10-18(31-22)14-26-23-13-21(27-28-23)20-9-4-12-29(24(20)30)15-17-7-3-6-16-5-1-2-8-19(16)17/h1-13H,14-15H2,(H2,26,27,28). The van der Waals surface area contributed by atoms with E-state index in [-0.39, 0.29) is 5.56 Å². The average Bonchev–Trinajstić information content (AvgIpc) is 3.43. The third-order valence-corrected chi connectivity index (χ3v) is 6.41. The number of nitrogens with zero attached hydrogens (tertiary/aromatic N) is 2. The number of anilines is 1. The zero-order valence-corrected chi connectivity index (χ0v) is 18.1. The Balaban J connectivity index is 1.40. The maximum absolute atomic E-state index is 13.2.